The molecule has 0 unspecified atom stereocenters. The average molecular weight is 403 g/mol. The number of amides is 2. The summed E-state index contributed by atoms with van der Waals surface area (Å²) in [5.74, 6) is 0.643. The van der Waals surface area contributed by atoms with Crippen molar-refractivity contribution in [1.82, 2.24) is 5.43 Å². The molecule has 0 atom stereocenters. The van der Waals surface area contributed by atoms with Crippen LogP contribution in [-0.4, -0.2) is 31.7 Å². The van der Waals surface area contributed by atoms with Gasteiger partial charge in [-0.05, 0) is 54.1 Å². The standard InChI is InChI=1S/C23H21N3O4/c1-29-20-12-10-19(11-13-20)25-22(27)16-30-21-9-5-6-17(14-21)15-24-26-23(28)18-7-3-2-4-8-18/h2-15H,16H2,1H3,(H,25,27)(H,26,28). The molecule has 2 amide bonds. The van der Waals surface area contributed by atoms with Crippen LogP contribution in [0.1, 0.15) is 15.9 Å². The molecule has 30 heavy (non-hydrogen) atoms. The number of carbonyl (C=O) groups excluding carboxylic acids is 2. The van der Waals surface area contributed by atoms with Gasteiger partial charge in [-0.15, -0.1) is 0 Å². The largest absolute Gasteiger partial charge is 0.497 e. The highest BCUT2D eigenvalue weighted by atomic mass is 16.5. The van der Waals surface area contributed by atoms with E-state index in [2.05, 4.69) is 15.8 Å². The number of hydrogen-bond acceptors (Lipinski definition) is 5. The molecule has 152 valence electrons. The van der Waals surface area contributed by atoms with Gasteiger partial charge in [0, 0.05) is 11.3 Å². The van der Waals surface area contributed by atoms with Crippen LogP contribution >= 0.6 is 0 Å². The minimum Gasteiger partial charge on any atom is -0.497 e. The molecule has 3 aromatic carbocycles. The van der Waals surface area contributed by atoms with E-state index in [1.54, 1.807) is 73.8 Å². The molecule has 0 saturated heterocycles. The number of anilines is 1. The minimum absolute atomic E-state index is 0.141. The van der Waals surface area contributed by atoms with Crippen LogP contribution in [0.5, 0.6) is 11.5 Å². The predicted octanol–water partition coefficient (Wildman–Crippen LogP) is 3.48. The van der Waals surface area contributed by atoms with Crippen molar-refractivity contribution < 1.29 is 19.1 Å². The molecule has 0 aliphatic carbocycles. The number of methoxy groups -OCH3 is 1. The van der Waals surface area contributed by atoms with Crippen LogP contribution in [0.25, 0.3) is 0 Å². The van der Waals surface area contributed by atoms with Crippen molar-refractivity contribution in [1.29, 1.82) is 0 Å². The van der Waals surface area contributed by atoms with E-state index in [1.165, 1.54) is 6.21 Å². The third-order valence-electron chi connectivity index (χ3n) is 4.02. The third kappa shape index (κ3) is 6.20. The molecule has 0 saturated carbocycles. The van der Waals surface area contributed by atoms with E-state index in [4.69, 9.17) is 9.47 Å². The Bertz CT molecular complexity index is 1020. The summed E-state index contributed by atoms with van der Waals surface area (Å²) in [5.41, 5.74) is 4.36. The normalized spacial score (nSPS) is 10.4. The van der Waals surface area contributed by atoms with Crippen molar-refractivity contribution >= 4 is 23.7 Å². The van der Waals surface area contributed by atoms with Gasteiger partial charge in [0.05, 0.1) is 13.3 Å². The maximum Gasteiger partial charge on any atom is 0.271 e. The van der Waals surface area contributed by atoms with Crippen molar-refractivity contribution in [2.45, 2.75) is 0 Å². The lowest BCUT2D eigenvalue weighted by molar-refractivity contribution is -0.118. The third-order valence-corrected chi connectivity index (χ3v) is 4.02. The average Bonchev–Trinajstić information content (AvgIpc) is 2.79. The highest BCUT2D eigenvalue weighted by Gasteiger charge is 2.05. The number of hydrogen-bond donors (Lipinski definition) is 2. The lowest BCUT2D eigenvalue weighted by Crippen LogP contribution is -2.20. The molecule has 7 heteroatoms. The molecular weight excluding hydrogens is 382 g/mol. The van der Waals surface area contributed by atoms with Crippen LogP contribution in [0, 0.1) is 0 Å². The zero-order valence-electron chi connectivity index (χ0n) is 16.4. The molecule has 3 aromatic rings. The van der Waals surface area contributed by atoms with E-state index < -0.39 is 0 Å². The molecule has 0 aliphatic rings. The first kappa shape index (κ1) is 20.6. The van der Waals surface area contributed by atoms with Gasteiger partial charge < -0.3 is 14.8 Å². The zero-order chi connectivity index (χ0) is 21.2. The van der Waals surface area contributed by atoms with Crippen LogP contribution in [0.3, 0.4) is 0 Å². The molecule has 2 N–H and O–H groups in total. The Morgan fingerprint density at radius 2 is 1.70 bits per heavy atom. The molecule has 0 fully saturated rings. The number of carbonyl (C=O) groups is 2. The summed E-state index contributed by atoms with van der Waals surface area (Å²) in [4.78, 5) is 24.0. The van der Waals surface area contributed by atoms with Gasteiger partial charge in [0.15, 0.2) is 6.61 Å². The molecule has 7 nitrogen and oxygen atoms in total. The Balaban J connectivity index is 1.49. The van der Waals surface area contributed by atoms with Gasteiger partial charge in [-0.25, -0.2) is 5.43 Å². The summed E-state index contributed by atoms with van der Waals surface area (Å²) >= 11 is 0. The molecule has 0 radical (unpaired) electrons. The van der Waals surface area contributed by atoms with Crippen LogP contribution in [0.4, 0.5) is 5.69 Å². The Labute approximate surface area is 174 Å². The second-order valence-corrected chi connectivity index (χ2v) is 6.20. The number of nitrogens with zero attached hydrogens (tertiary/aromatic N) is 1. The summed E-state index contributed by atoms with van der Waals surface area (Å²) in [6, 6.07) is 22.9. The van der Waals surface area contributed by atoms with Gasteiger partial charge in [0.2, 0.25) is 0 Å². The van der Waals surface area contributed by atoms with Crippen molar-refractivity contribution in [2.75, 3.05) is 19.0 Å². The van der Waals surface area contributed by atoms with Gasteiger partial charge in [0.25, 0.3) is 11.8 Å². The Morgan fingerprint density at radius 3 is 2.43 bits per heavy atom. The van der Waals surface area contributed by atoms with Gasteiger partial charge in [-0.1, -0.05) is 30.3 Å². The molecular formula is C23H21N3O4. The fourth-order valence-electron chi connectivity index (χ4n) is 2.52. The number of hydrazone groups is 1. The van der Waals surface area contributed by atoms with E-state index in [-0.39, 0.29) is 18.4 Å². The minimum atomic E-state index is -0.297. The van der Waals surface area contributed by atoms with Gasteiger partial charge in [-0.2, -0.15) is 5.10 Å². The summed E-state index contributed by atoms with van der Waals surface area (Å²) < 4.78 is 10.6. The quantitative estimate of drug-likeness (QED) is 0.445. The SMILES string of the molecule is COc1ccc(NC(=O)COc2cccc(C=NNC(=O)c3ccccc3)c2)cc1. The number of nitrogens with one attached hydrogen (secondary N) is 2. The fourth-order valence-corrected chi connectivity index (χ4v) is 2.52. The number of benzene rings is 3. The van der Waals surface area contributed by atoms with Crippen molar-refractivity contribution in [3.63, 3.8) is 0 Å². The van der Waals surface area contributed by atoms with Crippen molar-refractivity contribution in [3.05, 3.63) is 90.0 Å². The first-order valence-electron chi connectivity index (χ1n) is 9.19. The lowest BCUT2D eigenvalue weighted by atomic mass is 10.2. The van der Waals surface area contributed by atoms with E-state index in [0.717, 1.165) is 5.56 Å². The summed E-state index contributed by atoms with van der Waals surface area (Å²) in [7, 11) is 1.58. The lowest BCUT2D eigenvalue weighted by Gasteiger charge is -2.08. The topological polar surface area (TPSA) is 89.0 Å². The second kappa shape index (κ2) is 10.4. The number of rotatable bonds is 8. The van der Waals surface area contributed by atoms with Gasteiger partial charge in [-0.3, -0.25) is 9.59 Å². The maximum absolute atomic E-state index is 12.1. The summed E-state index contributed by atoms with van der Waals surface area (Å²) in [5, 5.41) is 6.70. The first-order valence-corrected chi connectivity index (χ1v) is 9.19. The Kier molecular flexibility index (Phi) is 7.16. The van der Waals surface area contributed by atoms with Gasteiger partial charge in [0.1, 0.15) is 11.5 Å². The predicted molar refractivity (Wildman–Crippen MR) is 115 cm³/mol. The second-order valence-electron chi connectivity index (χ2n) is 6.20. The van der Waals surface area contributed by atoms with Crippen LogP contribution < -0.4 is 20.2 Å². The molecule has 0 aliphatic heterocycles. The Hall–Kier alpha value is -4.13. The molecule has 0 aromatic heterocycles. The monoisotopic (exact) mass is 403 g/mol. The van der Waals surface area contributed by atoms with E-state index in [1.807, 2.05) is 12.1 Å². The highest BCUT2D eigenvalue weighted by molar-refractivity contribution is 5.95. The van der Waals surface area contributed by atoms with Crippen LogP contribution in [0.2, 0.25) is 0 Å². The summed E-state index contributed by atoms with van der Waals surface area (Å²) in [6.07, 6.45) is 1.51. The molecule has 3 rings (SSSR count). The highest BCUT2D eigenvalue weighted by Crippen LogP contribution is 2.15. The summed E-state index contributed by atoms with van der Waals surface area (Å²) in [6.45, 7) is -0.141. The molecule has 0 spiro atoms. The first-order chi connectivity index (χ1) is 14.6. The van der Waals surface area contributed by atoms with Gasteiger partial charge >= 0.3 is 0 Å². The smallest absolute Gasteiger partial charge is 0.271 e. The van der Waals surface area contributed by atoms with Crippen LogP contribution in [0.15, 0.2) is 84.0 Å². The van der Waals surface area contributed by atoms with E-state index in [9.17, 15) is 9.59 Å². The number of ether oxygens (including phenoxy) is 2. The maximum atomic E-state index is 12.1. The molecule has 0 bridgehead atoms. The van der Waals surface area contributed by atoms with Crippen molar-refractivity contribution in [2.24, 2.45) is 5.10 Å². The van der Waals surface area contributed by atoms with E-state index in [0.29, 0.717) is 22.7 Å². The zero-order valence-corrected chi connectivity index (χ0v) is 16.4. The van der Waals surface area contributed by atoms with Crippen molar-refractivity contribution in [3.8, 4) is 11.5 Å². The Morgan fingerprint density at radius 1 is 0.933 bits per heavy atom. The van der Waals surface area contributed by atoms with Crippen LogP contribution in [-0.2, 0) is 4.79 Å². The fraction of sp³-hybridized carbons (Fsp3) is 0.0870. The molecule has 0 heterocycles. The van der Waals surface area contributed by atoms with E-state index >= 15 is 0 Å².